The Morgan fingerprint density at radius 1 is 0.590 bits per heavy atom. The first-order valence-corrected chi connectivity index (χ1v) is 15.6. The van der Waals surface area contributed by atoms with Crippen molar-refractivity contribution in [2.75, 3.05) is 6.61 Å². The third kappa shape index (κ3) is 9.25. The molecule has 1 nitrogen and oxygen atoms in total. The highest BCUT2D eigenvalue weighted by Crippen LogP contribution is 2.41. The van der Waals surface area contributed by atoms with Crippen molar-refractivity contribution >= 4 is 0 Å². The van der Waals surface area contributed by atoms with Gasteiger partial charge in [0.2, 0.25) is 5.82 Å². The molecule has 218 valence electrons. The van der Waals surface area contributed by atoms with E-state index in [2.05, 4.69) is 13.8 Å². The minimum absolute atomic E-state index is 0.0334. The van der Waals surface area contributed by atoms with Gasteiger partial charge in [0.05, 0.1) is 6.61 Å². The number of benzene rings is 2. The maximum Gasteiger partial charge on any atom is 0.201 e. The van der Waals surface area contributed by atoms with Gasteiger partial charge in [0.25, 0.3) is 0 Å². The summed E-state index contributed by atoms with van der Waals surface area (Å²) in [5.74, 6) is -3.98. The molecular formula is C34H48F4O. The van der Waals surface area contributed by atoms with E-state index >= 15 is 8.78 Å². The molecule has 0 atom stereocenters. The van der Waals surface area contributed by atoms with Crippen molar-refractivity contribution in [2.24, 2.45) is 5.92 Å². The Morgan fingerprint density at radius 2 is 1.13 bits per heavy atom. The molecule has 1 aliphatic rings. The lowest BCUT2D eigenvalue weighted by Gasteiger charge is -2.29. The largest absolute Gasteiger partial charge is 0.490 e. The highest BCUT2D eigenvalue weighted by molar-refractivity contribution is 5.66. The third-order valence-corrected chi connectivity index (χ3v) is 8.46. The molecule has 1 aliphatic carbocycles. The molecule has 0 spiro atoms. The van der Waals surface area contributed by atoms with Crippen LogP contribution < -0.4 is 4.74 Å². The average Bonchev–Trinajstić information content (AvgIpc) is 2.94. The zero-order valence-corrected chi connectivity index (χ0v) is 24.1. The Labute approximate surface area is 233 Å². The van der Waals surface area contributed by atoms with Crippen LogP contribution in [0.2, 0.25) is 0 Å². The maximum atomic E-state index is 15.2. The van der Waals surface area contributed by atoms with Crippen LogP contribution in [0.15, 0.2) is 24.3 Å². The van der Waals surface area contributed by atoms with Gasteiger partial charge < -0.3 is 4.74 Å². The van der Waals surface area contributed by atoms with Crippen LogP contribution in [0.5, 0.6) is 5.75 Å². The summed E-state index contributed by atoms with van der Waals surface area (Å²) in [6.07, 6.45) is 19.0. The molecule has 39 heavy (non-hydrogen) atoms. The number of halogens is 4. The van der Waals surface area contributed by atoms with Gasteiger partial charge in [-0.05, 0) is 61.6 Å². The van der Waals surface area contributed by atoms with E-state index in [-0.39, 0.29) is 22.8 Å². The molecule has 5 heteroatoms. The second-order valence-corrected chi connectivity index (χ2v) is 11.5. The zero-order chi connectivity index (χ0) is 28.0. The fourth-order valence-electron chi connectivity index (χ4n) is 5.98. The molecule has 0 aromatic heterocycles. The summed E-state index contributed by atoms with van der Waals surface area (Å²) < 4.78 is 65.5. The van der Waals surface area contributed by atoms with E-state index in [0.29, 0.717) is 18.1 Å². The number of hydrogen-bond donors (Lipinski definition) is 0. The van der Waals surface area contributed by atoms with E-state index in [0.717, 1.165) is 44.9 Å². The molecule has 0 bridgehead atoms. The monoisotopic (exact) mass is 548 g/mol. The Bertz CT molecular complexity index is 997. The Kier molecular flexibility index (Phi) is 13.7. The van der Waals surface area contributed by atoms with Gasteiger partial charge in [0.1, 0.15) is 0 Å². The SMILES string of the molecule is CCCCCCCCCOc1ccc(-c2ccc(C3CCC(CCCCCCC)CC3)c(F)c2F)c(F)c1F. The third-order valence-electron chi connectivity index (χ3n) is 8.46. The lowest BCUT2D eigenvalue weighted by molar-refractivity contribution is 0.285. The number of rotatable bonds is 17. The van der Waals surface area contributed by atoms with Crippen LogP contribution in [0.4, 0.5) is 17.6 Å². The van der Waals surface area contributed by atoms with Crippen LogP contribution in [-0.2, 0) is 0 Å². The lowest BCUT2D eigenvalue weighted by Crippen LogP contribution is -2.15. The smallest absolute Gasteiger partial charge is 0.201 e. The average molecular weight is 549 g/mol. The number of hydrogen-bond acceptors (Lipinski definition) is 1. The van der Waals surface area contributed by atoms with Crippen LogP contribution in [0.1, 0.15) is 134 Å². The number of unbranched alkanes of at least 4 members (excludes halogenated alkanes) is 10. The van der Waals surface area contributed by atoms with Gasteiger partial charge >= 0.3 is 0 Å². The van der Waals surface area contributed by atoms with E-state index < -0.39 is 23.3 Å². The molecular weight excluding hydrogens is 500 g/mol. The molecule has 2 aromatic carbocycles. The molecule has 0 aliphatic heterocycles. The second kappa shape index (κ2) is 16.9. The Morgan fingerprint density at radius 3 is 1.77 bits per heavy atom. The van der Waals surface area contributed by atoms with Gasteiger partial charge in [0, 0.05) is 11.1 Å². The summed E-state index contributed by atoms with van der Waals surface area (Å²) >= 11 is 0. The fraction of sp³-hybridized carbons (Fsp3) is 0.647. The van der Waals surface area contributed by atoms with Crippen LogP contribution in [-0.4, -0.2) is 6.61 Å². The molecule has 0 unspecified atom stereocenters. The molecule has 0 amide bonds. The van der Waals surface area contributed by atoms with Crippen molar-refractivity contribution in [3.05, 3.63) is 53.1 Å². The van der Waals surface area contributed by atoms with Crippen molar-refractivity contribution in [3.8, 4) is 16.9 Å². The molecule has 0 N–H and O–H groups in total. The molecule has 1 saturated carbocycles. The summed E-state index contributed by atoms with van der Waals surface area (Å²) in [6.45, 7) is 4.69. The van der Waals surface area contributed by atoms with E-state index in [4.69, 9.17) is 4.74 Å². The summed E-state index contributed by atoms with van der Waals surface area (Å²) in [7, 11) is 0. The van der Waals surface area contributed by atoms with Gasteiger partial charge in [-0.2, -0.15) is 4.39 Å². The number of ether oxygens (including phenoxy) is 1. The molecule has 1 fully saturated rings. The summed E-state index contributed by atoms with van der Waals surface area (Å²) in [4.78, 5) is 0. The normalized spacial score (nSPS) is 17.5. The quantitative estimate of drug-likeness (QED) is 0.141. The molecule has 0 radical (unpaired) electrons. The van der Waals surface area contributed by atoms with E-state index in [1.165, 1.54) is 82.4 Å². The van der Waals surface area contributed by atoms with Crippen molar-refractivity contribution in [2.45, 2.75) is 129 Å². The predicted octanol–water partition coefficient (Wildman–Crippen LogP) is 11.7. The standard InChI is InChI=1S/C34H48F4O/c1-3-5-7-9-10-12-14-24-39-30-23-22-29(33(37)34(30)38)28-21-20-27(31(35)32(28)36)26-18-16-25(17-19-26)15-13-11-8-6-4-2/h20-23,25-26H,3-19,24H2,1-2H3. The maximum absolute atomic E-state index is 15.2. The predicted molar refractivity (Wildman–Crippen MR) is 153 cm³/mol. The van der Waals surface area contributed by atoms with E-state index in [1.54, 1.807) is 6.07 Å². The van der Waals surface area contributed by atoms with Crippen molar-refractivity contribution in [3.63, 3.8) is 0 Å². The molecule has 0 heterocycles. The van der Waals surface area contributed by atoms with Gasteiger partial charge in [-0.3, -0.25) is 0 Å². The van der Waals surface area contributed by atoms with Gasteiger partial charge in [0.15, 0.2) is 23.2 Å². The topological polar surface area (TPSA) is 9.23 Å². The first kappa shape index (κ1) is 31.5. The minimum Gasteiger partial charge on any atom is -0.490 e. The first-order valence-electron chi connectivity index (χ1n) is 15.6. The van der Waals surface area contributed by atoms with Crippen molar-refractivity contribution < 1.29 is 22.3 Å². The summed E-state index contributed by atoms with van der Waals surface area (Å²) in [5, 5.41) is 0. The summed E-state index contributed by atoms with van der Waals surface area (Å²) in [6, 6.07) is 5.54. The van der Waals surface area contributed by atoms with Gasteiger partial charge in [-0.1, -0.05) is 103 Å². The van der Waals surface area contributed by atoms with Crippen molar-refractivity contribution in [1.82, 2.24) is 0 Å². The van der Waals surface area contributed by atoms with Crippen molar-refractivity contribution in [1.29, 1.82) is 0 Å². The second-order valence-electron chi connectivity index (χ2n) is 11.5. The van der Waals surface area contributed by atoms with Crippen LogP contribution in [0.25, 0.3) is 11.1 Å². The first-order chi connectivity index (χ1) is 19.0. The minimum atomic E-state index is -1.21. The Hall–Kier alpha value is -2.04. The zero-order valence-electron chi connectivity index (χ0n) is 24.1. The molecule has 2 aromatic rings. The van der Waals surface area contributed by atoms with Gasteiger partial charge in [-0.15, -0.1) is 0 Å². The molecule has 0 saturated heterocycles. The molecule has 3 rings (SSSR count). The highest BCUT2D eigenvalue weighted by atomic mass is 19.2. The van der Waals surface area contributed by atoms with E-state index in [1.807, 2.05) is 0 Å². The lowest BCUT2D eigenvalue weighted by atomic mass is 9.76. The van der Waals surface area contributed by atoms with Crippen LogP contribution in [0.3, 0.4) is 0 Å². The van der Waals surface area contributed by atoms with Gasteiger partial charge in [-0.25, -0.2) is 13.2 Å². The van der Waals surface area contributed by atoms with Crippen LogP contribution in [0, 0.1) is 29.2 Å². The summed E-state index contributed by atoms with van der Waals surface area (Å²) in [5.41, 5.74) is -0.189. The van der Waals surface area contributed by atoms with E-state index in [9.17, 15) is 8.78 Å². The van der Waals surface area contributed by atoms with Crippen LogP contribution >= 0.6 is 0 Å². The fourth-order valence-corrected chi connectivity index (χ4v) is 5.98. The Balaban J connectivity index is 1.55. The highest BCUT2D eigenvalue weighted by Gasteiger charge is 2.27.